The summed E-state index contributed by atoms with van der Waals surface area (Å²) < 4.78 is 5.86. The molecule has 2 rings (SSSR count). The van der Waals surface area contributed by atoms with Crippen molar-refractivity contribution < 1.29 is 4.74 Å². The van der Waals surface area contributed by atoms with Gasteiger partial charge in [0, 0.05) is 11.1 Å². The van der Waals surface area contributed by atoms with Gasteiger partial charge in [0.1, 0.15) is 17.4 Å². The number of ether oxygens (including phenoxy) is 1. The molecule has 18 heavy (non-hydrogen) atoms. The zero-order chi connectivity index (χ0) is 13.0. The minimum absolute atomic E-state index is 0.529. The molecule has 3 nitrogen and oxygen atoms in total. The van der Waals surface area contributed by atoms with Crippen LogP contribution in [0.2, 0.25) is 0 Å². The van der Waals surface area contributed by atoms with Gasteiger partial charge in [0.05, 0.1) is 0 Å². The number of aromatic nitrogens is 1. The summed E-state index contributed by atoms with van der Waals surface area (Å²) in [6.07, 6.45) is 2.78. The number of para-hydroxylation sites is 1. The van der Waals surface area contributed by atoms with E-state index in [1.54, 1.807) is 11.3 Å². The Kier molecular flexibility index (Phi) is 4.33. The highest BCUT2D eigenvalue weighted by atomic mass is 32.1. The largest absolute Gasteiger partial charge is 0.486 e. The molecule has 0 aliphatic rings. The van der Waals surface area contributed by atoms with Gasteiger partial charge in [-0.25, -0.2) is 4.98 Å². The van der Waals surface area contributed by atoms with Crippen molar-refractivity contribution in [1.29, 1.82) is 0 Å². The second-order valence-electron chi connectivity index (χ2n) is 4.27. The third kappa shape index (κ3) is 3.09. The monoisotopic (exact) mass is 262 g/mol. The SMILES string of the molecule is Cc1cccc(C)c1OCc1ncc(CCN)s1. The van der Waals surface area contributed by atoms with Crippen molar-refractivity contribution in [2.45, 2.75) is 26.9 Å². The third-order valence-corrected chi connectivity index (χ3v) is 3.77. The number of nitrogens with zero attached hydrogens (tertiary/aromatic N) is 1. The van der Waals surface area contributed by atoms with Crippen molar-refractivity contribution >= 4 is 11.3 Å². The predicted octanol–water partition coefficient (Wildman–Crippen LogP) is 2.84. The number of thiazole rings is 1. The molecule has 1 heterocycles. The van der Waals surface area contributed by atoms with Gasteiger partial charge in [0.2, 0.25) is 0 Å². The minimum Gasteiger partial charge on any atom is -0.486 e. The van der Waals surface area contributed by atoms with E-state index in [1.165, 1.54) is 4.88 Å². The summed E-state index contributed by atoms with van der Waals surface area (Å²) in [6.45, 7) is 5.31. The zero-order valence-electron chi connectivity index (χ0n) is 10.8. The molecule has 4 heteroatoms. The lowest BCUT2D eigenvalue weighted by Crippen LogP contribution is -2.00. The highest BCUT2D eigenvalue weighted by Gasteiger charge is 2.06. The van der Waals surface area contributed by atoms with Crippen LogP contribution in [0.5, 0.6) is 5.75 Å². The fraction of sp³-hybridized carbons (Fsp3) is 0.357. The molecule has 0 saturated heterocycles. The predicted molar refractivity (Wildman–Crippen MR) is 75.1 cm³/mol. The van der Waals surface area contributed by atoms with Crippen molar-refractivity contribution in [2.24, 2.45) is 5.73 Å². The number of benzene rings is 1. The molecule has 0 unspecified atom stereocenters. The maximum Gasteiger partial charge on any atom is 0.140 e. The smallest absolute Gasteiger partial charge is 0.140 e. The molecule has 0 saturated carbocycles. The Morgan fingerprint density at radius 3 is 2.67 bits per heavy atom. The molecule has 0 radical (unpaired) electrons. The quantitative estimate of drug-likeness (QED) is 0.901. The van der Waals surface area contributed by atoms with Crippen LogP contribution in [0.3, 0.4) is 0 Å². The molecule has 1 aromatic heterocycles. The van der Waals surface area contributed by atoms with E-state index in [2.05, 4.69) is 31.0 Å². The van der Waals surface area contributed by atoms with Gasteiger partial charge in [-0.1, -0.05) is 18.2 Å². The van der Waals surface area contributed by atoms with Gasteiger partial charge in [-0.15, -0.1) is 11.3 Å². The first kappa shape index (κ1) is 13.1. The van der Waals surface area contributed by atoms with E-state index in [4.69, 9.17) is 10.5 Å². The Bertz CT molecular complexity index is 502. The van der Waals surface area contributed by atoms with Crippen molar-refractivity contribution in [2.75, 3.05) is 6.54 Å². The Labute approximate surface area is 112 Å². The average Bonchev–Trinajstić information content (AvgIpc) is 2.77. The minimum atomic E-state index is 0.529. The van der Waals surface area contributed by atoms with Gasteiger partial charge in [0.15, 0.2) is 0 Å². The third-order valence-electron chi connectivity index (χ3n) is 2.74. The van der Waals surface area contributed by atoms with E-state index in [0.29, 0.717) is 13.2 Å². The van der Waals surface area contributed by atoms with Crippen LogP contribution >= 0.6 is 11.3 Å². The van der Waals surface area contributed by atoms with Gasteiger partial charge < -0.3 is 10.5 Å². The van der Waals surface area contributed by atoms with Crippen LogP contribution in [0.25, 0.3) is 0 Å². The lowest BCUT2D eigenvalue weighted by molar-refractivity contribution is 0.301. The maximum absolute atomic E-state index is 5.86. The maximum atomic E-state index is 5.86. The second kappa shape index (κ2) is 5.98. The summed E-state index contributed by atoms with van der Waals surface area (Å²) in [6, 6.07) is 6.16. The number of hydrogen-bond acceptors (Lipinski definition) is 4. The first-order chi connectivity index (χ1) is 8.70. The van der Waals surface area contributed by atoms with Crippen LogP contribution in [0.1, 0.15) is 21.0 Å². The normalized spacial score (nSPS) is 10.6. The van der Waals surface area contributed by atoms with E-state index < -0.39 is 0 Å². The molecule has 0 spiro atoms. The van der Waals surface area contributed by atoms with Crippen LogP contribution in [-0.2, 0) is 13.0 Å². The van der Waals surface area contributed by atoms with Gasteiger partial charge in [-0.05, 0) is 37.9 Å². The number of hydrogen-bond donors (Lipinski definition) is 1. The topological polar surface area (TPSA) is 48.1 Å². The molecule has 2 aromatic rings. The summed E-state index contributed by atoms with van der Waals surface area (Å²) >= 11 is 1.67. The van der Waals surface area contributed by atoms with Crippen LogP contribution < -0.4 is 10.5 Å². The molecular weight excluding hydrogens is 244 g/mol. The van der Waals surface area contributed by atoms with E-state index in [-0.39, 0.29) is 0 Å². The molecule has 1 aromatic carbocycles. The average molecular weight is 262 g/mol. The molecular formula is C14H18N2OS. The molecule has 0 amide bonds. The molecule has 0 fully saturated rings. The lowest BCUT2D eigenvalue weighted by atomic mass is 10.1. The zero-order valence-corrected chi connectivity index (χ0v) is 11.6. The van der Waals surface area contributed by atoms with Crippen molar-refractivity contribution in [3.8, 4) is 5.75 Å². The summed E-state index contributed by atoms with van der Waals surface area (Å²) in [7, 11) is 0. The number of nitrogens with two attached hydrogens (primary N) is 1. The number of rotatable bonds is 5. The standard InChI is InChI=1S/C14H18N2OS/c1-10-4-3-5-11(2)14(10)17-9-13-16-8-12(18-13)6-7-15/h3-5,8H,6-7,9,15H2,1-2H3. The van der Waals surface area contributed by atoms with E-state index in [0.717, 1.165) is 28.3 Å². The highest BCUT2D eigenvalue weighted by molar-refractivity contribution is 7.11. The summed E-state index contributed by atoms with van der Waals surface area (Å²) in [4.78, 5) is 5.57. The summed E-state index contributed by atoms with van der Waals surface area (Å²) in [5.74, 6) is 0.966. The Balaban J connectivity index is 2.02. The van der Waals surface area contributed by atoms with Gasteiger partial charge in [-0.3, -0.25) is 0 Å². The molecule has 2 N–H and O–H groups in total. The van der Waals surface area contributed by atoms with Gasteiger partial charge in [0.25, 0.3) is 0 Å². The van der Waals surface area contributed by atoms with Crippen molar-refractivity contribution in [3.05, 3.63) is 45.4 Å². The highest BCUT2D eigenvalue weighted by Crippen LogP contribution is 2.24. The Hall–Kier alpha value is -1.39. The van der Waals surface area contributed by atoms with Gasteiger partial charge >= 0.3 is 0 Å². The molecule has 0 aliphatic carbocycles. The lowest BCUT2D eigenvalue weighted by Gasteiger charge is -2.10. The Morgan fingerprint density at radius 2 is 2.00 bits per heavy atom. The molecule has 0 atom stereocenters. The van der Waals surface area contributed by atoms with Crippen molar-refractivity contribution in [3.63, 3.8) is 0 Å². The molecule has 0 aliphatic heterocycles. The second-order valence-corrected chi connectivity index (χ2v) is 5.47. The fourth-order valence-electron chi connectivity index (χ4n) is 1.83. The first-order valence-corrected chi connectivity index (χ1v) is 6.85. The van der Waals surface area contributed by atoms with E-state index in [9.17, 15) is 0 Å². The Morgan fingerprint density at radius 1 is 1.28 bits per heavy atom. The van der Waals surface area contributed by atoms with E-state index in [1.807, 2.05) is 12.3 Å². The fourth-order valence-corrected chi connectivity index (χ4v) is 2.68. The molecule has 96 valence electrons. The van der Waals surface area contributed by atoms with Crippen LogP contribution in [-0.4, -0.2) is 11.5 Å². The van der Waals surface area contributed by atoms with Crippen LogP contribution in [0.15, 0.2) is 24.4 Å². The van der Waals surface area contributed by atoms with Gasteiger partial charge in [-0.2, -0.15) is 0 Å². The number of aryl methyl sites for hydroxylation is 2. The molecule has 0 bridgehead atoms. The summed E-state index contributed by atoms with van der Waals surface area (Å²) in [5, 5.41) is 1.00. The summed E-state index contributed by atoms with van der Waals surface area (Å²) in [5.41, 5.74) is 7.84. The first-order valence-electron chi connectivity index (χ1n) is 6.03. The van der Waals surface area contributed by atoms with E-state index >= 15 is 0 Å². The van der Waals surface area contributed by atoms with Crippen molar-refractivity contribution in [1.82, 2.24) is 4.98 Å². The van der Waals surface area contributed by atoms with Crippen LogP contribution in [0, 0.1) is 13.8 Å². The van der Waals surface area contributed by atoms with Crippen LogP contribution in [0.4, 0.5) is 0 Å².